The van der Waals surface area contributed by atoms with Crippen LogP contribution in [-0.2, 0) is 26.3 Å². The number of nitrogens with zero attached hydrogens (tertiary/aromatic N) is 2. The Labute approximate surface area is 157 Å². The predicted molar refractivity (Wildman–Crippen MR) is 105 cm³/mol. The van der Waals surface area contributed by atoms with E-state index in [0.29, 0.717) is 12.5 Å². The van der Waals surface area contributed by atoms with Gasteiger partial charge < -0.3 is 5.11 Å². The van der Waals surface area contributed by atoms with E-state index in [1.165, 1.54) is 43.4 Å². The zero-order chi connectivity index (χ0) is 18.1. The Morgan fingerprint density at radius 1 is 1.23 bits per heavy atom. The molecule has 0 unspecified atom stereocenters. The van der Waals surface area contributed by atoms with Crippen molar-refractivity contribution in [3.63, 3.8) is 0 Å². The van der Waals surface area contributed by atoms with Gasteiger partial charge in [0.15, 0.2) is 0 Å². The maximum atomic E-state index is 9.64. The Morgan fingerprint density at radius 2 is 2.12 bits per heavy atom. The second kappa shape index (κ2) is 7.19. The van der Waals surface area contributed by atoms with Crippen molar-refractivity contribution in [3.8, 4) is 0 Å². The summed E-state index contributed by atoms with van der Waals surface area (Å²) in [6.45, 7) is 2.56. The van der Waals surface area contributed by atoms with Gasteiger partial charge in [0.25, 0.3) is 0 Å². The number of aryl methyl sites for hydroxylation is 3. The number of hydrogen-bond donors (Lipinski definition) is 1. The van der Waals surface area contributed by atoms with Crippen LogP contribution in [0.1, 0.15) is 67.3 Å². The van der Waals surface area contributed by atoms with Gasteiger partial charge in [-0.05, 0) is 91.4 Å². The summed E-state index contributed by atoms with van der Waals surface area (Å²) in [6, 6.07) is 9.39. The van der Waals surface area contributed by atoms with Crippen molar-refractivity contribution in [2.24, 2.45) is 18.4 Å². The van der Waals surface area contributed by atoms with Crippen LogP contribution in [0.2, 0.25) is 0 Å². The van der Waals surface area contributed by atoms with Crippen molar-refractivity contribution in [1.82, 2.24) is 9.78 Å². The number of aromatic nitrogens is 2. The predicted octanol–water partition coefficient (Wildman–Crippen LogP) is 4.42. The second-order valence-corrected chi connectivity index (χ2v) is 9.06. The number of aliphatic hydroxyl groups is 1. The summed E-state index contributed by atoms with van der Waals surface area (Å²) < 4.78 is 1.90. The highest BCUT2D eigenvalue weighted by atomic mass is 16.3. The molecule has 0 amide bonds. The molecular formula is C23H32N2O. The van der Waals surface area contributed by atoms with Crippen LogP contribution in [-0.4, -0.2) is 21.5 Å². The molecule has 1 aromatic carbocycles. The summed E-state index contributed by atoms with van der Waals surface area (Å²) in [5.74, 6) is 1.43. The molecule has 1 aromatic heterocycles. The highest BCUT2D eigenvalue weighted by molar-refractivity contribution is 5.36. The molecule has 140 valence electrons. The summed E-state index contributed by atoms with van der Waals surface area (Å²) in [5.41, 5.74) is 6.01. The van der Waals surface area contributed by atoms with Crippen molar-refractivity contribution in [1.29, 1.82) is 0 Å². The van der Waals surface area contributed by atoms with Crippen molar-refractivity contribution < 1.29 is 5.11 Å². The standard InChI is InChI=1S/C23H32N2O/c1-23(16-26)11-9-21(15-23)20-7-6-18-13-17(3-5-19(18)14-20)4-8-22-10-12-25(2)24-22/h6-7,10,12,14,17,21,26H,3-5,8-9,11,13,15-16H2,1-2H3/t17-,21+,23+/m1/s1. The van der Waals surface area contributed by atoms with E-state index in [1.54, 1.807) is 11.1 Å². The molecule has 2 aliphatic carbocycles. The molecule has 1 fully saturated rings. The summed E-state index contributed by atoms with van der Waals surface area (Å²) >= 11 is 0. The molecule has 1 N–H and O–H groups in total. The Hall–Kier alpha value is -1.61. The number of benzene rings is 1. The zero-order valence-electron chi connectivity index (χ0n) is 16.2. The van der Waals surface area contributed by atoms with E-state index in [4.69, 9.17) is 0 Å². The van der Waals surface area contributed by atoms with Crippen molar-refractivity contribution in [2.75, 3.05) is 6.61 Å². The lowest BCUT2D eigenvalue weighted by molar-refractivity contribution is 0.147. The first-order valence-corrected chi connectivity index (χ1v) is 10.3. The molecule has 1 saturated carbocycles. The van der Waals surface area contributed by atoms with E-state index in [1.807, 2.05) is 17.9 Å². The van der Waals surface area contributed by atoms with Gasteiger partial charge in [0.05, 0.1) is 5.69 Å². The maximum absolute atomic E-state index is 9.64. The lowest BCUT2D eigenvalue weighted by Gasteiger charge is -2.26. The van der Waals surface area contributed by atoms with Crippen LogP contribution in [0.5, 0.6) is 0 Å². The molecule has 3 nitrogen and oxygen atoms in total. The fourth-order valence-electron chi connectivity index (χ4n) is 5.05. The average Bonchev–Trinajstić information content (AvgIpc) is 3.26. The van der Waals surface area contributed by atoms with Gasteiger partial charge in [0.2, 0.25) is 0 Å². The van der Waals surface area contributed by atoms with E-state index < -0.39 is 0 Å². The third-order valence-electron chi connectivity index (χ3n) is 6.83. The third-order valence-corrected chi connectivity index (χ3v) is 6.83. The van der Waals surface area contributed by atoms with Gasteiger partial charge in [0.1, 0.15) is 0 Å². The molecule has 3 heteroatoms. The SMILES string of the molecule is Cn1ccc(CC[C@H]2CCc3cc([C@H]4CC[C@](C)(CO)C4)ccc3C2)n1. The molecule has 0 saturated heterocycles. The van der Waals surface area contributed by atoms with Crippen molar-refractivity contribution >= 4 is 0 Å². The Kier molecular flexibility index (Phi) is 4.92. The maximum Gasteiger partial charge on any atom is 0.0624 e. The Balaban J connectivity index is 1.38. The quantitative estimate of drug-likeness (QED) is 0.865. The largest absolute Gasteiger partial charge is 0.396 e. The summed E-state index contributed by atoms with van der Waals surface area (Å²) in [7, 11) is 1.99. The first kappa shape index (κ1) is 17.8. The number of fused-ring (bicyclic) bond motifs is 1. The minimum atomic E-state index is 0.136. The van der Waals surface area contributed by atoms with Crippen LogP contribution in [0.3, 0.4) is 0 Å². The number of hydrogen-bond acceptors (Lipinski definition) is 2. The highest BCUT2D eigenvalue weighted by Gasteiger charge is 2.35. The van der Waals surface area contributed by atoms with Gasteiger partial charge in [-0.15, -0.1) is 0 Å². The minimum Gasteiger partial charge on any atom is -0.396 e. The van der Waals surface area contributed by atoms with Gasteiger partial charge in [-0.1, -0.05) is 25.1 Å². The minimum absolute atomic E-state index is 0.136. The molecule has 0 bridgehead atoms. The first-order chi connectivity index (χ1) is 12.5. The first-order valence-electron chi connectivity index (χ1n) is 10.3. The smallest absolute Gasteiger partial charge is 0.0624 e. The summed E-state index contributed by atoms with van der Waals surface area (Å²) in [5, 5.41) is 14.2. The topological polar surface area (TPSA) is 38.0 Å². The summed E-state index contributed by atoms with van der Waals surface area (Å²) in [4.78, 5) is 0. The summed E-state index contributed by atoms with van der Waals surface area (Å²) in [6.07, 6.45) is 11.6. The van der Waals surface area contributed by atoms with Gasteiger partial charge in [0, 0.05) is 19.9 Å². The Bertz CT molecular complexity index is 765. The lowest BCUT2D eigenvalue weighted by Crippen LogP contribution is -2.17. The fraction of sp³-hybridized carbons (Fsp3) is 0.609. The lowest BCUT2D eigenvalue weighted by atomic mass is 9.79. The van der Waals surface area contributed by atoms with E-state index in [-0.39, 0.29) is 5.41 Å². The molecule has 0 spiro atoms. The van der Waals surface area contributed by atoms with E-state index >= 15 is 0 Å². The van der Waals surface area contributed by atoms with Crippen LogP contribution in [0, 0.1) is 11.3 Å². The van der Waals surface area contributed by atoms with Crippen LogP contribution in [0.25, 0.3) is 0 Å². The zero-order valence-corrected chi connectivity index (χ0v) is 16.2. The molecule has 0 aliphatic heterocycles. The molecular weight excluding hydrogens is 320 g/mol. The monoisotopic (exact) mass is 352 g/mol. The van der Waals surface area contributed by atoms with E-state index in [0.717, 1.165) is 25.2 Å². The van der Waals surface area contributed by atoms with Gasteiger partial charge >= 0.3 is 0 Å². The Morgan fingerprint density at radius 3 is 2.85 bits per heavy atom. The molecule has 4 rings (SSSR count). The van der Waals surface area contributed by atoms with Crippen molar-refractivity contribution in [3.05, 3.63) is 52.8 Å². The molecule has 0 radical (unpaired) electrons. The van der Waals surface area contributed by atoms with Crippen LogP contribution >= 0.6 is 0 Å². The van der Waals surface area contributed by atoms with E-state index in [2.05, 4.69) is 36.3 Å². The van der Waals surface area contributed by atoms with Crippen LogP contribution in [0.4, 0.5) is 0 Å². The fourth-order valence-corrected chi connectivity index (χ4v) is 5.05. The third kappa shape index (κ3) is 3.73. The van der Waals surface area contributed by atoms with Crippen LogP contribution in [0.15, 0.2) is 30.5 Å². The molecule has 26 heavy (non-hydrogen) atoms. The number of rotatable bonds is 5. The van der Waals surface area contributed by atoms with Gasteiger partial charge in [-0.2, -0.15) is 5.10 Å². The van der Waals surface area contributed by atoms with E-state index in [9.17, 15) is 5.11 Å². The average molecular weight is 353 g/mol. The molecule has 2 aromatic rings. The second-order valence-electron chi connectivity index (χ2n) is 9.06. The normalized spacial score (nSPS) is 28.3. The van der Waals surface area contributed by atoms with Crippen LogP contribution < -0.4 is 0 Å². The number of aliphatic hydroxyl groups excluding tert-OH is 1. The molecule has 1 heterocycles. The van der Waals surface area contributed by atoms with Crippen molar-refractivity contribution in [2.45, 2.75) is 64.2 Å². The van der Waals surface area contributed by atoms with Gasteiger partial charge in [-0.3, -0.25) is 4.68 Å². The highest BCUT2D eigenvalue weighted by Crippen LogP contribution is 2.46. The van der Waals surface area contributed by atoms with Gasteiger partial charge in [-0.25, -0.2) is 0 Å². The molecule has 3 atom stereocenters. The molecule has 2 aliphatic rings.